The summed E-state index contributed by atoms with van der Waals surface area (Å²) in [7, 11) is 0. The van der Waals surface area contributed by atoms with Crippen molar-refractivity contribution in [2.45, 2.75) is 12.8 Å². The number of halogens is 3. The lowest BCUT2D eigenvalue weighted by Crippen LogP contribution is -2.08. The first kappa shape index (κ1) is 11.5. The second-order valence-electron chi connectivity index (χ2n) is 3.36. The Labute approximate surface area is 95.3 Å². The molecular weight excluding hydrogens is 233 g/mol. The molecule has 2 aromatic rings. The van der Waals surface area contributed by atoms with Crippen LogP contribution in [0.25, 0.3) is 0 Å². The van der Waals surface area contributed by atoms with Gasteiger partial charge in [0, 0.05) is 0 Å². The molecule has 6 heteroatoms. The van der Waals surface area contributed by atoms with E-state index in [4.69, 9.17) is 4.74 Å². The molecule has 1 heterocycles. The first-order chi connectivity index (χ1) is 8.07. The van der Waals surface area contributed by atoms with Gasteiger partial charge >= 0.3 is 6.18 Å². The minimum absolute atomic E-state index is 0.0209. The van der Waals surface area contributed by atoms with E-state index < -0.39 is 11.7 Å². The minimum Gasteiger partial charge on any atom is -0.487 e. The number of aromatic nitrogens is 2. The van der Waals surface area contributed by atoms with Crippen molar-refractivity contribution in [3.8, 4) is 5.75 Å². The van der Waals surface area contributed by atoms with Crippen LogP contribution in [0.4, 0.5) is 13.2 Å². The first-order valence-corrected chi connectivity index (χ1v) is 4.83. The molecular formula is C11H9F3N2O. The maximum atomic E-state index is 12.6. The third-order valence-corrected chi connectivity index (χ3v) is 2.13. The Morgan fingerprint density at radius 1 is 1.24 bits per heavy atom. The summed E-state index contributed by atoms with van der Waals surface area (Å²) < 4.78 is 43.0. The van der Waals surface area contributed by atoms with Gasteiger partial charge in [0.25, 0.3) is 0 Å². The topological polar surface area (TPSA) is 37.9 Å². The van der Waals surface area contributed by atoms with E-state index in [0.717, 1.165) is 6.07 Å². The molecule has 1 N–H and O–H groups in total. The van der Waals surface area contributed by atoms with E-state index in [2.05, 4.69) is 9.97 Å². The highest BCUT2D eigenvalue weighted by Crippen LogP contribution is 2.36. The molecule has 0 unspecified atom stereocenters. The van der Waals surface area contributed by atoms with Crippen molar-refractivity contribution in [3.05, 3.63) is 48.0 Å². The number of ether oxygens (including phenoxy) is 1. The maximum Gasteiger partial charge on any atom is 0.419 e. The van der Waals surface area contributed by atoms with Gasteiger partial charge in [0.1, 0.15) is 12.4 Å². The van der Waals surface area contributed by atoms with Gasteiger partial charge in [0.15, 0.2) is 0 Å². The van der Waals surface area contributed by atoms with E-state index in [0.29, 0.717) is 5.69 Å². The van der Waals surface area contributed by atoms with Crippen LogP contribution in [0.1, 0.15) is 11.3 Å². The van der Waals surface area contributed by atoms with Crippen molar-refractivity contribution < 1.29 is 17.9 Å². The van der Waals surface area contributed by atoms with E-state index in [1.165, 1.54) is 30.7 Å². The molecule has 0 aliphatic heterocycles. The number of imidazole rings is 1. The Morgan fingerprint density at radius 3 is 2.65 bits per heavy atom. The fourth-order valence-corrected chi connectivity index (χ4v) is 1.35. The van der Waals surface area contributed by atoms with Crippen molar-refractivity contribution in [1.29, 1.82) is 0 Å². The van der Waals surface area contributed by atoms with E-state index in [-0.39, 0.29) is 12.4 Å². The third kappa shape index (κ3) is 2.77. The average Bonchev–Trinajstić information content (AvgIpc) is 2.78. The average molecular weight is 242 g/mol. The Morgan fingerprint density at radius 2 is 2.00 bits per heavy atom. The standard InChI is InChI=1S/C11H9F3N2O/c12-11(13,14)9-3-1-2-4-10(9)17-6-8-5-15-7-16-8/h1-5,7H,6H2,(H,15,16). The molecule has 90 valence electrons. The van der Waals surface area contributed by atoms with Gasteiger partial charge < -0.3 is 9.72 Å². The molecule has 0 saturated carbocycles. The molecule has 17 heavy (non-hydrogen) atoms. The van der Waals surface area contributed by atoms with Crippen LogP contribution in [0.2, 0.25) is 0 Å². The molecule has 0 fully saturated rings. The van der Waals surface area contributed by atoms with Gasteiger partial charge in [-0.3, -0.25) is 0 Å². The van der Waals surface area contributed by atoms with Gasteiger partial charge in [-0.15, -0.1) is 0 Å². The summed E-state index contributed by atoms with van der Waals surface area (Å²) in [5.41, 5.74) is -0.165. The zero-order chi connectivity index (χ0) is 12.3. The first-order valence-electron chi connectivity index (χ1n) is 4.83. The molecule has 3 nitrogen and oxygen atoms in total. The molecule has 0 aliphatic carbocycles. The quantitative estimate of drug-likeness (QED) is 0.898. The van der Waals surface area contributed by atoms with Crippen LogP contribution in [0, 0.1) is 0 Å². The number of rotatable bonds is 3. The lowest BCUT2D eigenvalue weighted by Gasteiger charge is -2.12. The van der Waals surface area contributed by atoms with Crippen molar-refractivity contribution in [2.75, 3.05) is 0 Å². The fraction of sp³-hybridized carbons (Fsp3) is 0.182. The SMILES string of the molecule is FC(F)(F)c1ccccc1OCc1cnc[nH]1. The summed E-state index contributed by atoms with van der Waals surface area (Å²) in [5, 5.41) is 0. The number of hydrogen-bond donors (Lipinski definition) is 1. The lowest BCUT2D eigenvalue weighted by atomic mass is 10.2. The fourth-order valence-electron chi connectivity index (χ4n) is 1.35. The molecule has 2 rings (SSSR count). The van der Waals surface area contributed by atoms with Crippen molar-refractivity contribution in [2.24, 2.45) is 0 Å². The molecule has 0 atom stereocenters. The van der Waals surface area contributed by atoms with Crippen LogP contribution >= 0.6 is 0 Å². The van der Waals surface area contributed by atoms with E-state index in [1.807, 2.05) is 0 Å². The molecule has 0 bridgehead atoms. The van der Waals surface area contributed by atoms with Gasteiger partial charge in [-0.1, -0.05) is 12.1 Å². The summed E-state index contributed by atoms with van der Waals surface area (Å²) in [5.74, 6) is -0.186. The van der Waals surface area contributed by atoms with Gasteiger partial charge in [0.05, 0.1) is 23.8 Å². The third-order valence-electron chi connectivity index (χ3n) is 2.13. The van der Waals surface area contributed by atoms with Crippen LogP contribution in [0.15, 0.2) is 36.8 Å². The highest BCUT2D eigenvalue weighted by atomic mass is 19.4. The molecule has 0 radical (unpaired) electrons. The molecule has 0 aliphatic rings. The molecule has 1 aromatic heterocycles. The molecule has 0 spiro atoms. The predicted molar refractivity (Wildman–Crippen MR) is 54.4 cm³/mol. The smallest absolute Gasteiger partial charge is 0.419 e. The van der Waals surface area contributed by atoms with Crippen molar-refractivity contribution >= 4 is 0 Å². The highest BCUT2D eigenvalue weighted by Gasteiger charge is 2.33. The number of para-hydroxylation sites is 1. The Bertz CT molecular complexity index is 480. The normalized spacial score (nSPS) is 11.5. The Kier molecular flexibility index (Phi) is 3.03. The Hall–Kier alpha value is -1.98. The van der Waals surface area contributed by atoms with Gasteiger partial charge in [-0.25, -0.2) is 4.98 Å². The number of H-pyrrole nitrogens is 1. The predicted octanol–water partition coefficient (Wildman–Crippen LogP) is 3.01. The number of alkyl halides is 3. The van der Waals surface area contributed by atoms with Gasteiger partial charge in [0.2, 0.25) is 0 Å². The van der Waals surface area contributed by atoms with Crippen molar-refractivity contribution in [1.82, 2.24) is 9.97 Å². The van der Waals surface area contributed by atoms with Crippen LogP contribution in [-0.4, -0.2) is 9.97 Å². The van der Waals surface area contributed by atoms with Crippen molar-refractivity contribution in [3.63, 3.8) is 0 Å². The van der Waals surface area contributed by atoms with Crippen LogP contribution < -0.4 is 4.74 Å². The van der Waals surface area contributed by atoms with Gasteiger partial charge in [-0.05, 0) is 12.1 Å². The molecule has 1 aromatic carbocycles. The number of aromatic amines is 1. The summed E-state index contributed by atoms with van der Waals surface area (Å²) in [6.45, 7) is 0.0209. The summed E-state index contributed by atoms with van der Waals surface area (Å²) in [6, 6.07) is 5.10. The van der Waals surface area contributed by atoms with Gasteiger partial charge in [-0.2, -0.15) is 13.2 Å². The van der Waals surface area contributed by atoms with E-state index in [9.17, 15) is 13.2 Å². The molecule has 0 amide bonds. The summed E-state index contributed by atoms with van der Waals surface area (Å²) in [4.78, 5) is 6.50. The summed E-state index contributed by atoms with van der Waals surface area (Å²) >= 11 is 0. The monoisotopic (exact) mass is 242 g/mol. The second-order valence-corrected chi connectivity index (χ2v) is 3.36. The van der Waals surface area contributed by atoms with Crippen LogP contribution in [-0.2, 0) is 12.8 Å². The number of hydrogen-bond acceptors (Lipinski definition) is 2. The zero-order valence-electron chi connectivity index (χ0n) is 8.66. The van der Waals surface area contributed by atoms with E-state index >= 15 is 0 Å². The number of benzene rings is 1. The maximum absolute atomic E-state index is 12.6. The number of nitrogens with zero attached hydrogens (tertiary/aromatic N) is 1. The molecule has 0 saturated heterocycles. The minimum atomic E-state index is -4.41. The zero-order valence-corrected chi connectivity index (χ0v) is 8.66. The summed E-state index contributed by atoms with van der Waals surface area (Å²) in [6.07, 6.45) is -1.48. The second kappa shape index (κ2) is 4.48. The van der Waals surface area contributed by atoms with E-state index in [1.54, 1.807) is 0 Å². The lowest BCUT2D eigenvalue weighted by molar-refractivity contribution is -0.139. The van der Waals surface area contributed by atoms with Crippen LogP contribution in [0.3, 0.4) is 0 Å². The largest absolute Gasteiger partial charge is 0.487 e. The Balaban J connectivity index is 2.16. The highest BCUT2D eigenvalue weighted by molar-refractivity contribution is 5.35. The van der Waals surface area contributed by atoms with Crippen LogP contribution in [0.5, 0.6) is 5.75 Å². The number of nitrogens with one attached hydrogen (secondary N) is 1.